The lowest BCUT2D eigenvalue weighted by molar-refractivity contribution is 0.469. The Kier molecular flexibility index (Phi) is 4.30. The molecule has 0 saturated heterocycles. The predicted octanol–water partition coefficient (Wildman–Crippen LogP) is 4.67. The molecular weight excluding hydrogens is 309 g/mol. The van der Waals surface area contributed by atoms with Gasteiger partial charge in [0.2, 0.25) is 0 Å². The van der Waals surface area contributed by atoms with E-state index in [1.165, 1.54) is 12.1 Å². The zero-order chi connectivity index (χ0) is 14.0. The molecule has 2 aromatic rings. The van der Waals surface area contributed by atoms with Gasteiger partial charge in [-0.1, -0.05) is 40.9 Å². The SMILES string of the molecule is Oc1cccc(Cl)c1CNc1cc(Cl)c(O)c(Cl)c1. The van der Waals surface area contributed by atoms with Crippen LogP contribution < -0.4 is 5.32 Å². The quantitative estimate of drug-likeness (QED) is 0.721. The minimum atomic E-state index is -0.158. The molecule has 2 rings (SSSR count). The second-order valence-electron chi connectivity index (χ2n) is 3.88. The number of phenols is 2. The first-order valence-corrected chi connectivity index (χ1v) is 6.50. The zero-order valence-electron chi connectivity index (χ0n) is 9.62. The Balaban J connectivity index is 2.19. The van der Waals surface area contributed by atoms with Crippen LogP contribution >= 0.6 is 34.8 Å². The van der Waals surface area contributed by atoms with Crippen LogP contribution in [0.3, 0.4) is 0 Å². The summed E-state index contributed by atoms with van der Waals surface area (Å²) in [6.07, 6.45) is 0. The highest BCUT2D eigenvalue weighted by Crippen LogP contribution is 2.35. The Labute approximate surface area is 125 Å². The van der Waals surface area contributed by atoms with Crippen LogP contribution in [0.25, 0.3) is 0 Å². The molecule has 0 unspecified atom stereocenters. The van der Waals surface area contributed by atoms with E-state index in [1.54, 1.807) is 18.2 Å². The molecule has 0 spiro atoms. The minimum absolute atomic E-state index is 0.107. The first-order chi connectivity index (χ1) is 8.99. The summed E-state index contributed by atoms with van der Waals surface area (Å²) >= 11 is 17.6. The molecule has 0 fully saturated rings. The standard InChI is InChI=1S/C13H10Cl3NO2/c14-9-2-1-3-12(18)8(9)6-17-7-4-10(15)13(19)11(16)5-7/h1-5,17-19H,6H2. The lowest BCUT2D eigenvalue weighted by Gasteiger charge is -2.11. The van der Waals surface area contributed by atoms with E-state index in [1.807, 2.05) is 0 Å². The molecule has 3 N–H and O–H groups in total. The van der Waals surface area contributed by atoms with E-state index in [2.05, 4.69) is 5.32 Å². The lowest BCUT2D eigenvalue weighted by atomic mass is 10.2. The molecular formula is C13H10Cl3NO2. The fraction of sp³-hybridized carbons (Fsp3) is 0.0769. The van der Waals surface area contributed by atoms with Crippen LogP contribution in [0.4, 0.5) is 5.69 Å². The van der Waals surface area contributed by atoms with Gasteiger partial charge >= 0.3 is 0 Å². The number of anilines is 1. The van der Waals surface area contributed by atoms with Gasteiger partial charge in [0.1, 0.15) is 5.75 Å². The fourth-order valence-corrected chi connectivity index (χ4v) is 2.30. The molecule has 0 radical (unpaired) electrons. The van der Waals surface area contributed by atoms with E-state index in [4.69, 9.17) is 34.8 Å². The maximum atomic E-state index is 9.71. The number of nitrogens with one attached hydrogen (secondary N) is 1. The molecule has 2 aromatic carbocycles. The van der Waals surface area contributed by atoms with Gasteiger partial charge in [-0.25, -0.2) is 0 Å². The van der Waals surface area contributed by atoms with Crippen LogP contribution in [0, 0.1) is 0 Å². The molecule has 0 saturated carbocycles. The number of benzene rings is 2. The van der Waals surface area contributed by atoms with Crippen molar-refractivity contribution in [1.29, 1.82) is 0 Å². The summed E-state index contributed by atoms with van der Waals surface area (Å²) in [5.74, 6) is -0.0505. The predicted molar refractivity (Wildman–Crippen MR) is 78.6 cm³/mol. The van der Waals surface area contributed by atoms with Crippen molar-refractivity contribution >= 4 is 40.5 Å². The zero-order valence-corrected chi connectivity index (χ0v) is 11.9. The maximum absolute atomic E-state index is 9.71. The summed E-state index contributed by atoms with van der Waals surface area (Å²) < 4.78 is 0. The van der Waals surface area contributed by atoms with Crippen molar-refractivity contribution in [1.82, 2.24) is 0 Å². The van der Waals surface area contributed by atoms with Gasteiger partial charge in [0.25, 0.3) is 0 Å². The summed E-state index contributed by atoms with van der Waals surface area (Å²) in [6, 6.07) is 7.98. The van der Waals surface area contributed by atoms with Gasteiger partial charge in [-0.3, -0.25) is 0 Å². The Morgan fingerprint density at radius 2 is 1.58 bits per heavy atom. The van der Waals surface area contributed by atoms with Gasteiger partial charge in [-0.15, -0.1) is 0 Å². The van der Waals surface area contributed by atoms with Crippen molar-refractivity contribution in [3.63, 3.8) is 0 Å². The van der Waals surface area contributed by atoms with Crippen LogP contribution in [-0.2, 0) is 6.54 Å². The molecule has 3 nitrogen and oxygen atoms in total. The summed E-state index contributed by atoms with van der Waals surface area (Å²) in [6.45, 7) is 0.308. The molecule has 19 heavy (non-hydrogen) atoms. The molecule has 0 aliphatic carbocycles. The smallest absolute Gasteiger partial charge is 0.152 e. The summed E-state index contributed by atoms with van der Waals surface area (Å²) in [5, 5.41) is 22.9. The van der Waals surface area contributed by atoms with Gasteiger partial charge in [0.15, 0.2) is 5.75 Å². The first-order valence-electron chi connectivity index (χ1n) is 5.37. The fourth-order valence-electron chi connectivity index (χ4n) is 1.58. The molecule has 6 heteroatoms. The average Bonchev–Trinajstić information content (AvgIpc) is 2.35. The number of halogens is 3. The lowest BCUT2D eigenvalue weighted by Crippen LogP contribution is -2.00. The van der Waals surface area contributed by atoms with Crippen molar-refractivity contribution in [2.24, 2.45) is 0 Å². The molecule has 0 aliphatic rings. The normalized spacial score (nSPS) is 10.5. The number of rotatable bonds is 3. The summed E-state index contributed by atoms with van der Waals surface area (Å²) in [7, 11) is 0. The number of phenolic OH excluding ortho intramolecular Hbond substituents is 2. The Bertz CT molecular complexity index is 574. The van der Waals surface area contributed by atoms with E-state index in [-0.39, 0.29) is 21.5 Å². The van der Waals surface area contributed by atoms with Gasteiger partial charge in [0.05, 0.1) is 10.0 Å². The third-order valence-corrected chi connectivity index (χ3v) is 3.51. The number of hydrogen-bond donors (Lipinski definition) is 3. The minimum Gasteiger partial charge on any atom is -0.508 e. The first kappa shape index (κ1) is 14.1. The largest absolute Gasteiger partial charge is 0.508 e. The van der Waals surface area contributed by atoms with Gasteiger partial charge in [-0.2, -0.15) is 0 Å². The Hall–Kier alpha value is -1.29. The Morgan fingerprint density at radius 1 is 0.947 bits per heavy atom. The van der Waals surface area contributed by atoms with E-state index in [0.717, 1.165) is 0 Å². The van der Waals surface area contributed by atoms with E-state index in [0.29, 0.717) is 22.8 Å². The number of aromatic hydroxyl groups is 2. The summed E-state index contributed by atoms with van der Waals surface area (Å²) in [4.78, 5) is 0. The topological polar surface area (TPSA) is 52.5 Å². The maximum Gasteiger partial charge on any atom is 0.152 e. The van der Waals surface area contributed by atoms with Crippen LogP contribution in [0.15, 0.2) is 30.3 Å². The van der Waals surface area contributed by atoms with Gasteiger partial charge in [-0.05, 0) is 24.3 Å². The van der Waals surface area contributed by atoms with Crippen molar-refractivity contribution in [3.05, 3.63) is 51.0 Å². The Morgan fingerprint density at radius 3 is 2.16 bits per heavy atom. The second-order valence-corrected chi connectivity index (χ2v) is 5.10. The van der Waals surface area contributed by atoms with Gasteiger partial charge < -0.3 is 15.5 Å². The van der Waals surface area contributed by atoms with E-state index >= 15 is 0 Å². The van der Waals surface area contributed by atoms with Crippen LogP contribution in [0.5, 0.6) is 11.5 Å². The van der Waals surface area contributed by atoms with Crippen LogP contribution in [0.2, 0.25) is 15.1 Å². The highest BCUT2D eigenvalue weighted by atomic mass is 35.5. The monoisotopic (exact) mass is 317 g/mol. The van der Waals surface area contributed by atoms with Crippen molar-refractivity contribution in [3.8, 4) is 11.5 Å². The molecule has 0 aliphatic heterocycles. The van der Waals surface area contributed by atoms with E-state index in [9.17, 15) is 10.2 Å². The molecule has 0 atom stereocenters. The van der Waals surface area contributed by atoms with Crippen LogP contribution in [-0.4, -0.2) is 10.2 Å². The van der Waals surface area contributed by atoms with E-state index < -0.39 is 0 Å². The average molecular weight is 319 g/mol. The third kappa shape index (κ3) is 3.18. The molecule has 0 aromatic heterocycles. The number of hydrogen-bond acceptors (Lipinski definition) is 3. The van der Waals surface area contributed by atoms with Gasteiger partial charge in [0, 0.05) is 22.8 Å². The summed E-state index contributed by atoms with van der Waals surface area (Å²) in [5.41, 5.74) is 1.19. The molecule has 100 valence electrons. The molecule has 0 bridgehead atoms. The van der Waals surface area contributed by atoms with Crippen molar-refractivity contribution in [2.75, 3.05) is 5.32 Å². The highest BCUT2D eigenvalue weighted by Gasteiger charge is 2.09. The van der Waals surface area contributed by atoms with Crippen LogP contribution in [0.1, 0.15) is 5.56 Å². The molecule has 0 heterocycles. The highest BCUT2D eigenvalue weighted by molar-refractivity contribution is 6.37. The molecule has 0 amide bonds. The van der Waals surface area contributed by atoms with Crippen molar-refractivity contribution in [2.45, 2.75) is 6.54 Å². The second kappa shape index (κ2) is 5.78. The third-order valence-electron chi connectivity index (χ3n) is 2.58. The van der Waals surface area contributed by atoms with Crippen molar-refractivity contribution < 1.29 is 10.2 Å².